The molecule has 0 spiro atoms. The van der Waals surface area contributed by atoms with Gasteiger partial charge in [0.1, 0.15) is 0 Å². The lowest BCUT2D eigenvalue weighted by Gasteiger charge is -2.43. The molecule has 1 amide bonds. The topological polar surface area (TPSA) is 23.6 Å². The Labute approximate surface area is 175 Å². The number of fused-ring (bicyclic) bond motifs is 2. The summed E-state index contributed by atoms with van der Waals surface area (Å²) in [6, 6.07) is 22.6. The molecule has 1 unspecified atom stereocenters. The van der Waals surface area contributed by atoms with Crippen LogP contribution < -0.4 is 4.90 Å². The summed E-state index contributed by atoms with van der Waals surface area (Å²) in [7, 11) is 0. The molecule has 0 radical (unpaired) electrons. The number of rotatable bonds is 6. The van der Waals surface area contributed by atoms with Crippen LogP contribution in [0.5, 0.6) is 0 Å². The van der Waals surface area contributed by atoms with E-state index >= 15 is 0 Å². The van der Waals surface area contributed by atoms with Crippen LogP contribution in [-0.2, 0) is 11.2 Å². The molecule has 3 nitrogen and oxygen atoms in total. The Hall–Kier alpha value is -1.84. The number of hydrogen-bond acceptors (Lipinski definition) is 2. The Morgan fingerprint density at radius 2 is 1.54 bits per heavy atom. The number of piperidine rings is 1. The van der Waals surface area contributed by atoms with Crippen molar-refractivity contribution in [1.29, 1.82) is 0 Å². The number of benzene rings is 2. The molecule has 2 aliphatic heterocycles. The highest BCUT2D eigenvalue weighted by Gasteiger charge is 2.43. The highest BCUT2D eigenvalue weighted by molar-refractivity contribution is 5.93. The molecule has 2 heterocycles. The van der Waals surface area contributed by atoms with E-state index in [2.05, 4.69) is 52.3 Å². The summed E-state index contributed by atoms with van der Waals surface area (Å²) in [5, 5.41) is 0. The molecule has 0 N–H and O–H groups in total. The molecule has 4 heteroatoms. The quantitative estimate of drug-likeness (QED) is 0.676. The van der Waals surface area contributed by atoms with Crippen LogP contribution in [0.1, 0.15) is 44.6 Å². The average Bonchev–Trinajstić information content (AvgIpc) is 2.95. The maximum Gasteiger partial charge on any atom is 0.226 e. The van der Waals surface area contributed by atoms with Crippen LogP contribution in [-0.4, -0.2) is 35.5 Å². The van der Waals surface area contributed by atoms with Gasteiger partial charge in [-0.3, -0.25) is 9.69 Å². The first-order valence-electron chi connectivity index (χ1n) is 10.4. The summed E-state index contributed by atoms with van der Waals surface area (Å²) >= 11 is 0. The zero-order valence-corrected chi connectivity index (χ0v) is 17.5. The molecule has 0 aromatic heterocycles. The minimum Gasteiger partial charge on any atom is -0.309 e. The second kappa shape index (κ2) is 9.58. The fraction of sp³-hybridized carbons (Fsp3) is 0.458. The van der Waals surface area contributed by atoms with Gasteiger partial charge in [0.05, 0.1) is 0 Å². The summed E-state index contributed by atoms with van der Waals surface area (Å²) in [4.78, 5) is 17.6. The number of amides is 1. The van der Waals surface area contributed by atoms with E-state index in [9.17, 15) is 4.79 Å². The molecule has 0 saturated carbocycles. The molecule has 2 saturated heterocycles. The Balaban J connectivity index is 0.00000225. The van der Waals surface area contributed by atoms with Gasteiger partial charge in [0.25, 0.3) is 0 Å². The van der Waals surface area contributed by atoms with Gasteiger partial charge in [-0.15, -0.1) is 12.4 Å². The SMILES string of the molecule is CCC(=O)N(c1ccccc1)C1C[C@H]2CC[C@@H](C1)N2CCc1ccccc1.Cl. The lowest BCUT2D eigenvalue weighted by molar-refractivity contribution is -0.119. The fourth-order valence-corrected chi connectivity index (χ4v) is 5.04. The summed E-state index contributed by atoms with van der Waals surface area (Å²) in [5.41, 5.74) is 2.48. The van der Waals surface area contributed by atoms with Gasteiger partial charge in [0.15, 0.2) is 0 Å². The molecule has 4 rings (SSSR count). The van der Waals surface area contributed by atoms with E-state index < -0.39 is 0 Å². The molecule has 0 aliphatic carbocycles. The van der Waals surface area contributed by atoms with Crippen LogP contribution >= 0.6 is 12.4 Å². The fourth-order valence-electron chi connectivity index (χ4n) is 5.04. The normalized spacial score (nSPS) is 23.8. The molecule has 28 heavy (non-hydrogen) atoms. The standard InChI is InChI=1S/C24H30N2O.ClH/c1-2-24(27)26(20-11-7-4-8-12-20)23-17-21-13-14-22(18-23)25(21)16-15-19-9-5-3-6-10-19;/h3-12,21-23H,2,13-18H2,1H3;1H/t21-,22+,23?;. The van der Waals surface area contributed by atoms with Crippen molar-refractivity contribution in [3.8, 4) is 0 Å². The number of anilines is 1. The third-order valence-corrected chi connectivity index (χ3v) is 6.33. The van der Waals surface area contributed by atoms with Crippen molar-refractivity contribution in [2.45, 2.75) is 63.6 Å². The minimum absolute atomic E-state index is 0. The first kappa shape index (κ1) is 20.9. The predicted molar refractivity (Wildman–Crippen MR) is 118 cm³/mol. The maximum absolute atomic E-state index is 12.8. The number of carbonyl (C=O) groups is 1. The highest BCUT2D eigenvalue weighted by atomic mass is 35.5. The Morgan fingerprint density at radius 3 is 2.11 bits per heavy atom. The summed E-state index contributed by atoms with van der Waals surface area (Å²) < 4.78 is 0. The molecule has 2 fully saturated rings. The maximum atomic E-state index is 12.8. The van der Waals surface area contributed by atoms with Crippen molar-refractivity contribution in [2.24, 2.45) is 0 Å². The van der Waals surface area contributed by atoms with Gasteiger partial charge in [-0.2, -0.15) is 0 Å². The summed E-state index contributed by atoms with van der Waals surface area (Å²) in [6.07, 6.45) is 6.45. The minimum atomic E-state index is 0. The lowest BCUT2D eigenvalue weighted by atomic mass is 9.94. The van der Waals surface area contributed by atoms with Crippen molar-refractivity contribution < 1.29 is 4.79 Å². The van der Waals surface area contributed by atoms with Gasteiger partial charge in [0, 0.05) is 36.8 Å². The van der Waals surface area contributed by atoms with Gasteiger partial charge >= 0.3 is 0 Å². The van der Waals surface area contributed by atoms with Gasteiger partial charge in [-0.05, 0) is 49.8 Å². The van der Waals surface area contributed by atoms with Crippen LogP contribution in [0.3, 0.4) is 0 Å². The van der Waals surface area contributed by atoms with Crippen molar-refractivity contribution >= 4 is 24.0 Å². The van der Waals surface area contributed by atoms with Crippen molar-refractivity contribution in [3.63, 3.8) is 0 Å². The van der Waals surface area contributed by atoms with Gasteiger partial charge < -0.3 is 4.90 Å². The first-order chi connectivity index (χ1) is 13.3. The van der Waals surface area contributed by atoms with E-state index in [0.29, 0.717) is 24.5 Å². The Morgan fingerprint density at radius 1 is 0.964 bits per heavy atom. The number of nitrogens with zero attached hydrogens (tertiary/aromatic N) is 2. The van der Waals surface area contributed by atoms with Crippen LogP contribution in [0.4, 0.5) is 5.69 Å². The summed E-state index contributed by atoms with van der Waals surface area (Å²) in [6.45, 7) is 3.11. The average molecular weight is 399 g/mol. The lowest BCUT2D eigenvalue weighted by Crippen LogP contribution is -2.52. The van der Waals surface area contributed by atoms with Crippen molar-refractivity contribution in [1.82, 2.24) is 4.90 Å². The second-order valence-electron chi connectivity index (χ2n) is 7.94. The van der Waals surface area contributed by atoms with Crippen LogP contribution in [0.25, 0.3) is 0 Å². The monoisotopic (exact) mass is 398 g/mol. The van der Waals surface area contributed by atoms with Crippen LogP contribution in [0, 0.1) is 0 Å². The molecule has 2 bridgehead atoms. The number of para-hydroxylation sites is 1. The van der Waals surface area contributed by atoms with E-state index in [4.69, 9.17) is 0 Å². The van der Waals surface area contributed by atoms with E-state index in [1.165, 1.54) is 18.4 Å². The third-order valence-electron chi connectivity index (χ3n) is 6.33. The highest BCUT2D eigenvalue weighted by Crippen LogP contribution is 2.39. The number of halogens is 1. The van der Waals surface area contributed by atoms with Crippen LogP contribution in [0.15, 0.2) is 60.7 Å². The second-order valence-corrected chi connectivity index (χ2v) is 7.94. The van der Waals surface area contributed by atoms with Crippen LogP contribution in [0.2, 0.25) is 0 Å². The molecule has 2 aliphatic rings. The van der Waals surface area contributed by atoms with Gasteiger partial charge in [-0.25, -0.2) is 0 Å². The zero-order chi connectivity index (χ0) is 18.6. The van der Waals surface area contributed by atoms with Gasteiger partial charge in [-0.1, -0.05) is 55.5 Å². The largest absolute Gasteiger partial charge is 0.309 e. The molecular weight excluding hydrogens is 368 g/mol. The molecule has 150 valence electrons. The van der Waals surface area contributed by atoms with Crippen molar-refractivity contribution in [3.05, 3.63) is 66.2 Å². The van der Waals surface area contributed by atoms with E-state index in [1.807, 2.05) is 25.1 Å². The Kier molecular flexibility index (Phi) is 7.14. The summed E-state index contributed by atoms with van der Waals surface area (Å²) in [5.74, 6) is 0.253. The molecule has 2 aromatic carbocycles. The zero-order valence-electron chi connectivity index (χ0n) is 16.7. The number of hydrogen-bond donors (Lipinski definition) is 0. The van der Waals surface area contributed by atoms with Gasteiger partial charge in [0.2, 0.25) is 5.91 Å². The predicted octanol–water partition coefficient (Wildman–Crippen LogP) is 5.09. The molecule has 3 atom stereocenters. The van der Waals surface area contributed by atoms with E-state index in [1.54, 1.807) is 0 Å². The van der Waals surface area contributed by atoms with E-state index in [0.717, 1.165) is 31.5 Å². The van der Waals surface area contributed by atoms with E-state index in [-0.39, 0.29) is 18.3 Å². The number of carbonyl (C=O) groups excluding carboxylic acids is 1. The van der Waals surface area contributed by atoms with Crippen molar-refractivity contribution in [2.75, 3.05) is 11.4 Å². The first-order valence-corrected chi connectivity index (χ1v) is 10.4. The smallest absolute Gasteiger partial charge is 0.226 e. The third kappa shape index (κ3) is 4.42. The Bertz CT molecular complexity index is 738. The molecular formula is C24H31ClN2O. The molecule has 2 aromatic rings.